The number of hydrogen-bond donors (Lipinski definition) is 2. The number of amides is 2. The van der Waals surface area contributed by atoms with Gasteiger partial charge in [-0.1, -0.05) is 134 Å². The molecule has 0 aliphatic carbocycles. The number of anilines is 2. The molecule has 12 heteroatoms. The second kappa shape index (κ2) is 25.6. The molecule has 0 bridgehead atoms. The van der Waals surface area contributed by atoms with E-state index < -0.39 is 17.9 Å². The van der Waals surface area contributed by atoms with E-state index in [1.54, 1.807) is 59.1 Å². The lowest BCUT2D eigenvalue weighted by atomic mass is 10.0. The van der Waals surface area contributed by atoms with Crippen molar-refractivity contribution in [3.05, 3.63) is 72.3 Å². The number of phenolic OH excluding ortho intramolecular Hbond substituents is 1. The van der Waals surface area contributed by atoms with Crippen LogP contribution in [0, 0.1) is 0 Å². The van der Waals surface area contributed by atoms with Gasteiger partial charge in [-0.2, -0.15) is 16.4 Å². The first-order chi connectivity index (χ1) is 27.9. The fourth-order valence-electron chi connectivity index (χ4n) is 6.78. The van der Waals surface area contributed by atoms with Crippen LogP contribution < -0.4 is 15.0 Å². The van der Waals surface area contributed by atoms with Crippen molar-refractivity contribution in [3.63, 3.8) is 0 Å². The number of benzene rings is 3. The number of carbonyl (C=O) groups is 3. The summed E-state index contributed by atoms with van der Waals surface area (Å²) in [6.45, 7) is 7.35. The number of carbonyl (C=O) groups excluding carboxylic acids is 3. The molecular formula is C45H63N5O6S. The number of hydrogen-bond acceptors (Lipinski definition) is 9. The molecule has 4 rings (SSSR count). The number of fused-ring (bicyclic) bond motifs is 1. The van der Waals surface area contributed by atoms with Crippen LogP contribution >= 0.6 is 11.8 Å². The van der Waals surface area contributed by atoms with Gasteiger partial charge in [0.2, 0.25) is 0 Å². The summed E-state index contributed by atoms with van der Waals surface area (Å²) in [4.78, 5) is 46.2. The van der Waals surface area contributed by atoms with Crippen LogP contribution in [0.2, 0.25) is 0 Å². The molecule has 0 saturated carbocycles. The zero-order valence-electron chi connectivity index (χ0n) is 34.3. The summed E-state index contributed by atoms with van der Waals surface area (Å²) in [6, 6.07) is 15.2. The lowest BCUT2D eigenvalue weighted by Gasteiger charge is -2.24. The lowest BCUT2D eigenvalue weighted by Crippen LogP contribution is -2.36. The Kier molecular flexibility index (Phi) is 20.3. The number of rotatable bonds is 27. The molecule has 0 aliphatic rings. The Morgan fingerprint density at radius 3 is 2.12 bits per heavy atom. The Morgan fingerprint density at radius 2 is 1.42 bits per heavy atom. The fourth-order valence-corrected chi connectivity index (χ4v) is 7.59. The molecule has 2 N–H and O–H groups in total. The van der Waals surface area contributed by atoms with Gasteiger partial charge in [0, 0.05) is 23.1 Å². The second-order valence-electron chi connectivity index (χ2n) is 14.4. The van der Waals surface area contributed by atoms with Crippen molar-refractivity contribution < 1.29 is 29.0 Å². The third kappa shape index (κ3) is 14.4. The fraction of sp³-hybridized carbons (Fsp3) is 0.533. The van der Waals surface area contributed by atoms with E-state index in [2.05, 4.69) is 29.2 Å². The Hall–Kier alpha value is -4.58. The van der Waals surface area contributed by atoms with Gasteiger partial charge in [0.05, 0.1) is 23.5 Å². The van der Waals surface area contributed by atoms with Crippen LogP contribution in [0.5, 0.6) is 11.5 Å². The molecule has 2 amide bonds. The highest BCUT2D eigenvalue weighted by atomic mass is 32.2. The van der Waals surface area contributed by atoms with Gasteiger partial charge in [-0.25, -0.2) is 14.6 Å². The number of esters is 1. The number of nitrogens with zero attached hydrogens (tertiary/aromatic N) is 4. The normalized spacial score (nSPS) is 11.1. The summed E-state index contributed by atoms with van der Waals surface area (Å²) >= 11 is 1.75. The Morgan fingerprint density at radius 1 is 0.754 bits per heavy atom. The molecule has 0 saturated heterocycles. The maximum atomic E-state index is 14.2. The number of aromatic hydroxyl groups is 1. The van der Waals surface area contributed by atoms with Crippen LogP contribution in [0.25, 0.3) is 10.8 Å². The van der Waals surface area contributed by atoms with Gasteiger partial charge in [0.15, 0.2) is 0 Å². The van der Waals surface area contributed by atoms with Gasteiger partial charge >= 0.3 is 12.0 Å². The zero-order valence-corrected chi connectivity index (χ0v) is 35.1. The molecule has 0 radical (unpaired) electrons. The monoisotopic (exact) mass is 801 g/mol. The summed E-state index contributed by atoms with van der Waals surface area (Å²) in [6.07, 6.45) is 20.2. The van der Waals surface area contributed by atoms with Crippen LogP contribution in [0.1, 0.15) is 144 Å². The molecule has 4 aromatic rings. The molecule has 57 heavy (non-hydrogen) atoms. The summed E-state index contributed by atoms with van der Waals surface area (Å²) in [7, 11) is 0. The lowest BCUT2D eigenvalue weighted by molar-refractivity contribution is 0.0516. The first-order valence-corrected chi connectivity index (χ1v) is 22.3. The second-order valence-corrected chi connectivity index (χ2v) is 15.6. The van der Waals surface area contributed by atoms with Crippen LogP contribution in [-0.2, 0) is 4.74 Å². The third-order valence-electron chi connectivity index (χ3n) is 9.92. The SMILES string of the molecule is CCCCCCCCCCCCCCN(C(=O)n1cnc(C(=O)OCCSCCCCCC)n1)c1cccc2c(O)c(C(=O)Nc3ccccc3OCC)ccc12. The van der Waals surface area contributed by atoms with Gasteiger partial charge in [-0.3, -0.25) is 9.69 Å². The summed E-state index contributed by atoms with van der Waals surface area (Å²) in [5.74, 6) is 0.677. The Balaban J connectivity index is 1.47. The van der Waals surface area contributed by atoms with Gasteiger partial charge < -0.3 is 19.9 Å². The van der Waals surface area contributed by atoms with Crippen LogP contribution in [-0.4, -0.2) is 69.0 Å². The predicted molar refractivity (Wildman–Crippen MR) is 232 cm³/mol. The third-order valence-corrected chi connectivity index (χ3v) is 11.0. The first-order valence-electron chi connectivity index (χ1n) is 21.2. The van der Waals surface area contributed by atoms with E-state index in [1.165, 1.54) is 77.0 Å². The van der Waals surface area contributed by atoms with E-state index in [0.29, 0.717) is 46.8 Å². The molecule has 310 valence electrons. The zero-order chi connectivity index (χ0) is 40.7. The number of para-hydroxylation sites is 2. The number of thioether (sulfide) groups is 1. The van der Waals surface area contributed by atoms with Crippen molar-refractivity contribution >= 4 is 51.8 Å². The average Bonchev–Trinajstić information content (AvgIpc) is 3.72. The maximum Gasteiger partial charge on any atom is 0.378 e. The molecule has 11 nitrogen and oxygen atoms in total. The molecule has 0 spiro atoms. The van der Waals surface area contributed by atoms with E-state index in [0.717, 1.165) is 42.5 Å². The molecule has 1 heterocycles. The van der Waals surface area contributed by atoms with Crippen LogP contribution in [0.4, 0.5) is 16.2 Å². The van der Waals surface area contributed by atoms with Gasteiger partial charge in [-0.15, -0.1) is 5.10 Å². The summed E-state index contributed by atoms with van der Waals surface area (Å²) in [5, 5.41) is 19.5. The molecule has 0 unspecified atom stereocenters. The van der Waals surface area contributed by atoms with Crippen LogP contribution in [0.3, 0.4) is 0 Å². The number of phenols is 1. The van der Waals surface area contributed by atoms with E-state index in [1.807, 2.05) is 19.1 Å². The molecule has 1 aromatic heterocycles. The van der Waals surface area contributed by atoms with E-state index in [-0.39, 0.29) is 23.7 Å². The van der Waals surface area contributed by atoms with Crippen molar-refractivity contribution in [2.24, 2.45) is 0 Å². The highest BCUT2D eigenvalue weighted by molar-refractivity contribution is 7.99. The largest absolute Gasteiger partial charge is 0.506 e. The molecular weight excluding hydrogens is 739 g/mol. The van der Waals surface area contributed by atoms with E-state index >= 15 is 0 Å². The standard InChI is InChI=1S/C45H63N5O6S/c1-4-7-9-11-12-13-14-15-16-17-18-21-30-49(45(54)50-34-46-42(48-50)44(53)56-31-33-57-32-22-10-8-5-2)39-26-23-24-36-35(39)28-29-37(41(36)51)43(52)47-38-25-19-20-27-40(38)55-6-3/h19-20,23-29,34,51H,4-18,21-22,30-33H2,1-3H3,(H,47,52). The minimum atomic E-state index is -0.676. The first kappa shape index (κ1) is 45.1. The summed E-state index contributed by atoms with van der Waals surface area (Å²) < 4.78 is 12.1. The van der Waals surface area contributed by atoms with Crippen molar-refractivity contribution in [3.8, 4) is 11.5 Å². The number of nitrogens with one attached hydrogen (secondary N) is 1. The molecule has 0 atom stereocenters. The number of ether oxygens (including phenoxy) is 2. The van der Waals surface area contributed by atoms with Crippen molar-refractivity contribution in [1.29, 1.82) is 0 Å². The van der Waals surface area contributed by atoms with E-state index in [9.17, 15) is 19.5 Å². The molecule has 0 aliphatic heterocycles. The Bertz CT molecular complexity index is 1830. The topological polar surface area (TPSA) is 136 Å². The molecule has 3 aromatic carbocycles. The predicted octanol–water partition coefficient (Wildman–Crippen LogP) is 11.4. The highest BCUT2D eigenvalue weighted by Gasteiger charge is 2.25. The van der Waals surface area contributed by atoms with Crippen molar-refractivity contribution in [1.82, 2.24) is 14.8 Å². The van der Waals surface area contributed by atoms with Gasteiger partial charge in [0.1, 0.15) is 24.4 Å². The number of unbranched alkanes of at least 4 members (excludes halogenated alkanes) is 14. The maximum absolute atomic E-state index is 14.2. The van der Waals surface area contributed by atoms with Gasteiger partial charge in [0.25, 0.3) is 11.7 Å². The average molecular weight is 802 g/mol. The quantitative estimate of drug-likeness (QED) is 0.0446. The van der Waals surface area contributed by atoms with Gasteiger partial charge in [-0.05, 0) is 49.8 Å². The van der Waals surface area contributed by atoms with Crippen molar-refractivity contribution in [2.45, 2.75) is 124 Å². The smallest absolute Gasteiger partial charge is 0.378 e. The highest BCUT2D eigenvalue weighted by Crippen LogP contribution is 2.36. The minimum Gasteiger partial charge on any atom is -0.506 e. The Labute approximate surface area is 343 Å². The minimum absolute atomic E-state index is 0.0825. The summed E-state index contributed by atoms with van der Waals surface area (Å²) in [5.41, 5.74) is 1.11. The number of aromatic nitrogens is 3. The van der Waals surface area contributed by atoms with E-state index in [4.69, 9.17) is 9.47 Å². The molecule has 0 fully saturated rings. The van der Waals surface area contributed by atoms with Crippen molar-refractivity contribution in [2.75, 3.05) is 41.5 Å². The van der Waals surface area contributed by atoms with Crippen LogP contribution in [0.15, 0.2) is 60.9 Å².